The van der Waals surface area contributed by atoms with E-state index in [1.807, 2.05) is 0 Å². The van der Waals surface area contributed by atoms with Gasteiger partial charge in [0.05, 0.1) is 6.61 Å². The van der Waals surface area contributed by atoms with Crippen molar-refractivity contribution in [3.8, 4) is 0 Å². The van der Waals surface area contributed by atoms with Crippen LogP contribution < -0.4 is 5.32 Å². The zero-order chi connectivity index (χ0) is 16.1. The van der Waals surface area contributed by atoms with E-state index in [2.05, 4.69) is 37.9 Å². The molecule has 0 aliphatic carbocycles. The molecule has 1 fully saturated rings. The number of piperazine rings is 1. The lowest BCUT2D eigenvalue weighted by molar-refractivity contribution is -0.176. The molecule has 0 aromatic rings. The highest BCUT2D eigenvalue weighted by atomic mass is 19.4. The topological polar surface area (TPSA) is 24.5 Å². The van der Waals surface area contributed by atoms with Crippen molar-refractivity contribution in [2.75, 3.05) is 32.8 Å². The van der Waals surface area contributed by atoms with Gasteiger partial charge in [-0.05, 0) is 26.2 Å². The minimum absolute atomic E-state index is 0.0241. The molecule has 0 amide bonds. The number of hydrogen-bond acceptors (Lipinski definition) is 3. The van der Waals surface area contributed by atoms with E-state index in [4.69, 9.17) is 4.74 Å². The summed E-state index contributed by atoms with van der Waals surface area (Å²) in [5, 5.41) is 3.62. The Morgan fingerprint density at radius 3 is 2.24 bits per heavy atom. The maximum absolute atomic E-state index is 12.1. The number of hydrogen-bond donors (Lipinski definition) is 1. The van der Waals surface area contributed by atoms with E-state index in [1.165, 1.54) is 0 Å². The van der Waals surface area contributed by atoms with Crippen LogP contribution in [0.4, 0.5) is 13.2 Å². The Balaban J connectivity index is 2.63. The summed E-state index contributed by atoms with van der Waals surface area (Å²) >= 11 is 0. The minimum atomic E-state index is -4.24. The van der Waals surface area contributed by atoms with Gasteiger partial charge in [0.25, 0.3) is 0 Å². The molecule has 0 spiro atoms. The van der Waals surface area contributed by atoms with Crippen LogP contribution in [-0.4, -0.2) is 55.0 Å². The highest BCUT2D eigenvalue weighted by molar-refractivity contribution is 5.02. The molecule has 126 valence electrons. The zero-order valence-corrected chi connectivity index (χ0v) is 13.6. The summed E-state index contributed by atoms with van der Waals surface area (Å²) in [6, 6.07) is 0. The number of halogens is 3. The fourth-order valence-electron chi connectivity index (χ4n) is 3.00. The zero-order valence-electron chi connectivity index (χ0n) is 13.6. The van der Waals surface area contributed by atoms with Crippen molar-refractivity contribution in [1.82, 2.24) is 10.2 Å². The molecule has 1 rings (SSSR count). The van der Waals surface area contributed by atoms with E-state index in [0.29, 0.717) is 6.54 Å². The second kappa shape index (κ2) is 7.29. The number of rotatable bonds is 7. The molecule has 21 heavy (non-hydrogen) atoms. The third kappa shape index (κ3) is 5.11. The summed E-state index contributed by atoms with van der Waals surface area (Å²) in [7, 11) is 0. The Labute approximate surface area is 126 Å². The summed E-state index contributed by atoms with van der Waals surface area (Å²) in [4.78, 5) is 2.32. The minimum Gasteiger partial charge on any atom is -0.371 e. The standard InChI is InChI=1S/C15H29F3N2O/c1-5-13(4)11-20(8-9-21-12-15(16,17)18)14(6-2,7-3)10-19-13/h19H,5-12H2,1-4H3. The van der Waals surface area contributed by atoms with E-state index < -0.39 is 12.8 Å². The Bertz CT molecular complexity index is 319. The van der Waals surface area contributed by atoms with Crippen molar-refractivity contribution in [2.45, 2.75) is 64.2 Å². The first-order valence-corrected chi connectivity index (χ1v) is 7.85. The van der Waals surface area contributed by atoms with Gasteiger partial charge >= 0.3 is 6.18 Å². The van der Waals surface area contributed by atoms with Gasteiger partial charge in [0.2, 0.25) is 0 Å². The monoisotopic (exact) mass is 310 g/mol. The second-order valence-corrected chi connectivity index (χ2v) is 6.29. The van der Waals surface area contributed by atoms with Crippen molar-refractivity contribution in [3.05, 3.63) is 0 Å². The molecule has 1 atom stereocenters. The lowest BCUT2D eigenvalue weighted by atomic mass is 9.82. The van der Waals surface area contributed by atoms with E-state index >= 15 is 0 Å². The maximum Gasteiger partial charge on any atom is 0.411 e. The summed E-state index contributed by atoms with van der Waals surface area (Å²) in [5.41, 5.74) is 0.0497. The van der Waals surface area contributed by atoms with Gasteiger partial charge < -0.3 is 10.1 Å². The average molecular weight is 310 g/mol. The third-order valence-corrected chi connectivity index (χ3v) is 4.92. The molecule has 1 aliphatic heterocycles. The second-order valence-electron chi connectivity index (χ2n) is 6.29. The van der Waals surface area contributed by atoms with Crippen LogP contribution in [0.1, 0.15) is 47.0 Å². The predicted molar refractivity (Wildman–Crippen MR) is 78.5 cm³/mol. The first-order chi connectivity index (χ1) is 9.70. The molecule has 0 aromatic heterocycles. The summed E-state index contributed by atoms with van der Waals surface area (Å²) in [6.07, 6.45) is -1.28. The molecule has 0 aromatic carbocycles. The van der Waals surface area contributed by atoms with Gasteiger partial charge in [-0.3, -0.25) is 4.90 Å². The highest BCUT2D eigenvalue weighted by Gasteiger charge is 2.42. The van der Waals surface area contributed by atoms with Crippen LogP contribution in [0.25, 0.3) is 0 Å². The largest absolute Gasteiger partial charge is 0.411 e. The maximum atomic E-state index is 12.1. The third-order valence-electron chi connectivity index (χ3n) is 4.92. The van der Waals surface area contributed by atoms with Gasteiger partial charge in [-0.1, -0.05) is 20.8 Å². The van der Waals surface area contributed by atoms with Crippen molar-refractivity contribution in [3.63, 3.8) is 0 Å². The first kappa shape index (κ1) is 18.7. The summed E-state index contributed by atoms with van der Waals surface area (Å²) in [5.74, 6) is 0. The molecule has 1 saturated heterocycles. The fraction of sp³-hybridized carbons (Fsp3) is 1.00. The molecule has 1 unspecified atom stereocenters. The van der Waals surface area contributed by atoms with Crippen molar-refractivity contribution in [2.24, 2.45) is 0 Å². The Morgan fingerprint density at radius 1 is 1.14 bits per heavy atom. The predicted octanol–water partition coefficient (Wildman–Crippen LogP) is 3.20. The van der Waals surface area contributed by atoms with Crippen molar-refractivity contribution in [1.29, 1.82) is 0 Å². The molecule has 1 N–H and O–H groups in total. The highest BCUT2D eigenvalue weighted by Crippen LogP contribution is 2.31. The number of nitrogens with zero attached hydrogens (tertiary/aromatic N) is 1. The molecule has 6 heteroatoms. The van der Waals surface area contributed by atoms with Crippen LogP contribution in [0.3, 0.4) is 0 Å². The van der Waals surface area contributed by atoms with E-state index in [0.717, 1.165) is 32.4 Å². The van der Waals surface area contributed by atoms with Crippen LogP contribution in [0.2, 0.25) is 0 Å². The quantitative estimate of drug-likeness (QED) is 0.731. The molecule has 0 saturated carbocycles. The molecule has 1 heterocycles. The van der Waals surface area contributed by atoms with Gasteiger partial charge in [-0.2, -0.15) is 13.2 Å². The number of ether oxygens (including phenoxy) is 1. The van der Waals surface area contributed by atoms with Crippen LogP contribution in [0.15, 0.2) is 0 Å². The van der Waals surface area contributed by atoms with E-state index in [1.54, 1.807) is 0 Å². The van der Waals surface area contributed by atoms with E-state index in [-0.39, 0.29) is 17.7 Å². The number of nitrogens with one attached hydrogen (secondary N) is 1. The summed E-state index contributed by atoms with van der Waals surface area (Å²) in [6.45, 7) is 9.84. The smallest absolute Gasteiger partial charge is 0.371 e. The molecule has 1 aliphatic rings. The van der Waals surface area contributed by atoms with Gasteiger partial charge in [-0.15, -0.1) is 0 Å². The normalized spacial score (nSPS) is 27.0. The average Bonchev–Trinajstić information content (AvgIpc) is 2.43. The lowest BCUT2D eigenvalue weighted by Gasteiger charge is -2.53. The SMILES string of the molecule is CCC1(C)CN(CCOCC(F)(F)F)C(CC)(CC)CN1. The van der Waals surface area contributed by atoms with Gasteiger partial charge in [0.15, 0.2) is 0 Å². The van der Waals surface area contributed by atoms with Gasteiger partial charge in [0, 0.05) is 30.7 Å². The molecular formula is C15H29F3N2O. The van der Waals surface area contributed by atoms with Crippen molar-refractivity contribution < 1.29 is 17.9 Å². The van der Waals surface area contributed by atoms with Crippen molar-refractivity contribution >= 4 is 0 Å². The number of alkyl halides is 3. The first-order valence-electron chi connectivity index (χ1n) is 7.85. The molecule has 0 radical (unpaired) electrons. The Morgan fingerprint density at radius 2 is 1.76 bits per heavy atom. The Kier molecular flexibility index (Phi) is 6.50. The van der Waals surface area contributed by atoms with E-state index in [9.17, 15) is 13.2 Å². The van der Waals surface area contributed by atoms with Crippen LogP contribution in [-0.2, 0) is 4.74 Å². The van der Waals surface area contributed by atoms with Crippen LogP contribution in [0, 0.1) is 0 Å². The molecule has 0 bridgehead atoms. The van der Waals surface area contributed by atoms with Crippen LogP contribution >= 0.6 is 0 Å². The van der Waals surface area contributed by atoms with Crippen LogP contribution in [0.5, 0.6) is 0 Å². The summed E-state index contributed by atoms with van der Waals surface area (Å²) < 4.78 is 41.2. The van der Waals surface area contributed by atoms with Gasteiger partial charge in [0.1, 0.15) is 6.61 Å². The fourth-order valence-corrected chi connectivity index (χ4v) is 3.00. The lowest BCUT2D eigenvalue weighted by Crippen LogP contribution is -2.69. The Hall–Kier alpha value is -0.330. The molecular weight excluding hydrogens is 281 g/mol. The van der Waals surface area contributed by atoms with Gasteiger partial charge in [-0.25, -0.2) is 0 Å². The molecule has 3 nitrogen and oxygen atoms in total.